The van der Waals surface area contributed by atoms with E-state index in [1.807, 2.05) is 39.8 Å². The predicted octanol–water partition coefficient (Wildman–Crippen LogP) is 7.41. The summed E-state index contributed by atoms with van der Waals surface area (Å²) < 4.78 is 32.1. The van der Waals surface area contributed by atoms with Crippen molar-refractivity contribution in [1.29, 1.82) is 5.26 Å². The molecule has 6 aliphatic rings. The Balaban J connectivity index is 1.71. The van der Waals surface area contributed by atoms with Gasteiger partial charge in [-0.15, -0.1) is 0 Å². The number of Topliss-reactive ketones (excluding diaryl/α,β-unsaturated/α-hetero) is 1. The van der Waals surface area contributed by atoms with Gasteiger partial charge in [-0.3, -0.25) is 4.79 Å². The van der Waals surface area contributed by atoms with Crippen LogP contribution in [0, 0.1) is 35.0 Å². The van der Waals surface area contributed by atoms with E-state index in [9.17, 15) is 20.0 Å². The second-order valence-corrected chi connectivity index (χ2v) is 16.1. The molecule has 10 heteroatoms. The molecule has 0 amide bonds. The lowest BCUT2D eigenvalue weighted by atomic mass is 9.43. The first-order valence-corrected chi connectivity index (χ1v) is 18.4. The van der Waals surface area contributed by atoms with Gasteiger partial charge in [-0.1, -0.05) is 43.2 Å². The third-order valence-corrected chi connectivity index (χ3v) is 11.7. The number of ketones is 1. The number of aliphatic hydroxyl groups is 1. The van der Waals surface area contributed by atoms with Gasteiger partial charge in [0.1, 0.15) is 40.2 Å². The van der Waals surface area contributed by atoms with Gasteiger partial charge in [0.2, 0.25) is 5.88 Å². The average Bonchev–Trinajstić information content (AvgIpc) is 3.10. The molecular weight excluding hydrogens is 672 g/mol. The van der Waals surface area contributed by atoms with E-state index in [1.54, 1.807) is 14.0 Å². The molecule has 1 aromatic rings. The molecule has 3 saturated carbocycles. The average molecular weight is 725 g/mol. The number of rotatable bonds is 10. The Labute approximate surface area is 312 Å². The number of nitriles is 1. The van der Waals surface area contributed by atoms with Gasteiger partial charge in [0.15, 0.2) is 17.0 Å². The van der Waals surface area contributed by atoms with Gasteiger partial charge in [-0.25, -0.2) is 4.79 Å². The highest BCUT2D eigenvalue weighted by Crippen LogP contribution is 2.69. The van der Waals surface area contributed by atoms with Crippen molar-refractivity contribution in [2.75, 3.05) is 14.2 Å². The zero-order valence-electron chi connectivity index (χ0n) is 32.6. The molecule has 0 saturated heterocycles. The Kier molecular flexibility index (Phi) is 9.74. The molecule has 1 spiro atoms. The van der Waals surface area contributed by atoms with Crippen molar-refractivity contribution in [3.8, 4) is 23.3 Å². The van der Waals surface area contributed by atoms with Crippen LogP contribution in [0.4, 0.5) is 0 Å². The SMILES string of the molecule is COC(=O)/C(C)=C\CC1(O)C(=O)C2CC(C(C)C)C13Oc1c(CC=C(C)C)c4c(c(OC)c1C1=C3C2C(C#N)=C(N)O1)C=CC(C)(CCC=C(C)C)O4. The second kappa shape index (κ2) is 13.6. The first-order valence-electron chi connectivity index (χ1n) is 18.4. The van der Waals surface area contributed by atoms with Crippen molar-refractivity contribution in [3.63, 3.8) is 0 Å². The minimum atomic E-state index is -2.17. The summed E-state index contributed by atoms with van der Waals surface area (Å²) in [7, 11) is 2.85. The highest BCUT2D eigenvalue weighted by Gasteiger charge is 2.77. The molecule has 6 atom stereocenters. The Morgan fingerprint density at radius 1 is 1.11 bits per heavy atom. The number of carbonyl (C=O) groups excluding carboxylic acids is 2. The maximum Gasteiger partial charge on any atom is 0.333 e. The minimum absolute atomic E-state index is 0.0915. The first-order chi connectivity index (χ1) is 25.0. The number of methoxy groups -OCH3 is 2. The van der Waals surface area contributed by atoms with Crippen LogP contribution in [0.25, 0.3) is 11.8 Å². The summed E-state index contributed by atoms with van der Waals surface area (Å²) >= 11 is 0. The number of fused-ring (bicyclic) bond motifs is 5. The zero-order chi connectivity index (χ0) is 38.8. The van der Waals surface area contributed by atoms with E-state index in [4.69, 9.17) is 29.4 Å². The summed E-state index contributed by atoms with van der Waals surface area (Å²) in [5, 5.41) is 23.6. The molecule has 1 aromatic carbocycles. The molecule has 10 nitrogen and oxygen atoms in total. The maximum atomic E-state index is 14.9. The van der Waals surface area contributed by atoms with Crippen LogP contribution in [0.15, 0.2) is 58.1 Å². The maximum absolute atomic E-state index is 14.9. The molecule has 6 unspecified atom stereocenters. The van der Waals surface area contributed by atoms with Gasteiger partial charge in [-0.2, -0.15) is 5.26 Å². The number of benzene rings is 1. The second-order valence-electron chi connectivity index (χ2n) is 16.1. The number of hydrogen-bond donors (Lipinski definition) is 2. The van der Waals surface area contributed by atoms with Gasteiger partial charge in [0.05, 0.1) is 25.4 Å². The summed E-state index contributed by atoms with van der Waals surface area (Å²) in [4.78, 5) is 27.4. The lowest BCUT2D eigenvalue weighted by molar-refractivity contribution is -0.210. The zero-order valence-corrected chi connectivity index (χ0v) is 32.6. The summed E-state index contributed by atoms with van der Waals surface area (Å²) in [5.74, 6) is -1.56. The van der Waals surface area contributed by atoms with Crippen molar-refractivity contribution < 1.29 is 38.4 Å². The summed E-state index contributed by atoms with van der Waals surface area (Å²) in [6.07, 6.45) is 11.9. The monoisotopic (exact) mass is 724 g/mol. The van der Waals surface area contributed by atoms with E-state index in [0.29, 0.717) is 58.1 Å². The molecule has 0 radical (unpaired) electrons. The van der Waals surface area contributed by atoms with Gasteiger partial charge in [-0.05, 0) is 85.3 Å². The number of carbonyl (C=O) groups is 2. The van der Waals surface area contributed by atoms with E-state index >= 15 is 0 Å². The molecular formula is C43H52N2O8. The van der Waals surface area contributed by atoms with Gasteiger partial charge >= 0.3 is 5.97 Å². The fraction of sp³-hybridized carbons (Fsp3) is 0.512. The summed E-state index contributed by atoms with van der Waals surface area (Å²) in [6, 6.07) is 2.23. The molecule has 53 heavy (non-hydrogen) atoms. The number of nitrogens with zero attached hydrogens (tertiary/aromatic N) is 1. The standard InChI is InChI=1S/C43H52N2O8/c1-22(2)12-11-17-41(8)18-16-27-34(52-41)26(14-13-23(3)4)36-32(35(27)49-9)37-33-31(29(21-44)39(45)51-37)28-20-30(24(5)6)43(33,53-36)42(48,38(28)46)19-15-25(7)40(47)50-10/h12-13,15-16,18,24,28,30-31,48H,11,14,17,19-20,45H2,1-10H3/b25-15-. The molecule has 3 aliphatic heterocycles. The predicted molar refractivity (Wildman–Crippen MR) is 201 cm³/mol. The fourth-order valence-electron chi connectivity index (χ4n) is 9.10. The fourth-order valence-corrected chi connectivity index (χ4v) is 9.10. The van der Waals surface area contributed by atoms with Crippen LogP contribution in [0.5, 0.6) is 17.2 Å². The smallest absolute Gasteiger partial charge is 0.333 e. The van der Waals surface area contributed by atoms with Crippen LogP contribution in [0.1, 0.15) is 97.8 Å². The molecule has 3 aliphatic carbocycles. The molecule has 3 N–H and O–H groups in total. The van der Waals surface area contributed by atoms with Crippen LogP contribution < -0.4 is 19.9 Å². The topological polar surface area (TPSA) is 150 Å². The quantitative estimate of drug-likeness (QED) is 0.142. The van der Waals surface area contributed by atoms with E-state index < -0.39 is 46.3 Å². The first kappa shape index (κ1) is 38.0. The molecule has 3 heterocycles. The van der Waals surface area contributed by atoms with Crippen molar-refractivity contribution in [2.45, 2.75) is 104 Å². The van der Waals surface area contributed by atoms with Crippen LogP contribution in [-0.2, 0) is 25.5 Å². The number of allylic oxidation sites excluding steroid dienone is 5. The van der Waals surface area contributed by atoms with Crippen molar-refractivity contribution in [1.82, 2.24) is 0 Å². The number of esters is 1. The van der Waals surface area contributed by atoms with Crippen molar-refractivity contribution in [3.05, 3.63) is 74.7 Å². The Hall–Kier alpha value is -4.75. The van der Waals surface area contributed by atoms with Crippen molar-refractivity contribution in [2.24, 2.45) is 29.4 Å². The third kappa shape index (κ3) is 5.70. The Morgan fingerprint density at radius 3 is 2.42 bits per heavy atom. The minimum Gasteiger partial charge on any atom is -0.495 e. The lowest BCUT2D eigenvalue weighted by Gasteiger charge is -2.65. The van der Waals surface area contributed by atoms with Crippen LogP contribution in [0.3, 0.4) is 0 Å². The number of nitrogens with two attached hydrogens (primary N) is 1. The van der Waals surface area contributed by atoms with Gasteiger partial charge in [0, 0.05) is 40.9 Å². The molecule has 7 rings (SSSR count). The lowest BCUT2D eigenvalue weighted by Crippen LogP contribution is -2.78. The van der Waals surface area contributed by atoms with E-state index in [1.165, 1.54) is 18.8 Å². The Bertz CT molecular complexity index is 2000. The summed E-state index contributed by atoms with van der Waals surface area (Å²) in [6.45, 7) is 15.9. The molecule has 282 valence electrons. The third-order valence-electron chi connectivity index (χ3n) is 11.7. The summed E-state index contributed by atoms with van der Waals surface area (Å²) in [5.41, 5.74) is 7.09. The highest BCUT2D eigenvalue weighted by atomic mass is 16.5. The van der Waals surface area contributed by atoms with Gasteiger partial charge < -0.3 is 34.5 Å². The molecule has 3 fully saturated rings. The van der Waals surface area contributed by atoms with Crippen molar-refractivity contribution >= 4 is 23.6 Å². The van der Waals surface area contributed by atoms with Crippen LogP contribution in [0.2, 0.25) is 0 Å². The highest BCUT2D eigenvalue weighted by molar-refractivity contribution is 6.00. The number of ether oxygens (including phenoxy) is 5. The van der Waals surface area contributed by atoms with E-state index in [-0.39, 0.29) is 29.4 Å². The van der Waals surface area contributed by atoms with E-state index in [2.05, 4.69) is 39.0 Å². The van der Waals surface area contributed by atoms with Gasteiger partial charge in [0.25, 0.3) is 0 Å². The van der Waals surface area contributed by atoms with Crippen LogP contribution in [-0.4, -0.2) is 47.9 Å². The van der Waals surface area contributed by atoms with E-state index in [0.717, 1.165) is 18.4 Å². The number of hydrogen-bond acceptors (Lipinski definition) is 10. The molecule has 0 aromatic heterocycles. The normalized spacial score (nSPS) is 29.2. The largest absolute Gasteiger partial charge is 0.495 e. The molecule has 2 bridgehead atoms. The van der Waals surface area contributed by atoms with Crippen LogP contribution >= 0.6 is 0 Å². The Morgan fingerprint density at radius 2 is 1.81 bits per heavy atom.